The molecular weight excluding hydrogens is 367 g/mol. The van der Waals surface area contributed by atoms with Crippen LogP contribution < -0.4 is 10.6 Å². The molecule has 20 heavy (non-hydrogen) atoms. The molecule has 3 unspecified atom stereocenters. The van der Waals surface area contributed by atoms with Gasteiger partial charge in [-0.15, -0.1) is 24.0 Å². The number of halogens is 1. The topological polar surface area (TPSA) is 48.9 Å². The number of nitrogens with zero attached hydrogens (tertiary/aromatic N) is 2. The summed E-state index contributed by atoms with van der Waals surface area (Å²) >= 11 is 0. The van der Waals surface area contributed by atoms with Gasteiger partial charge in [0.1, 0.15) is 0 Å². The molecule has 2 rings (SSSR count). The van der Waals surface area contributed by atoms with Gasteiger partial charge in [0.2, 0.25) is 0 Å². The molecule has 0 saturated carbocycles. The van der Waals surface area contributed by atoms with Crippen LogP contribution in [0.5, 0.6) is 0 Å². The van der Waals surface area contributed by atoms with Crippen molar-refractivity contribution in [2.75, 3.05) is 33.3 Å². The minimum Gasteiger partial charge on any atom is -0.373 e. The quantitative estimate of drug-likeness (QED) is 0.429. The summed E-state index contributed by atoms with van der Waals surface area (Å²) in [5.41, 5.74) is 0. The first kappa shape index (κ1) is 18.0. The van der Waals surface area contributed by atoms with Gasteiger partial charge in [-0.25, -0.2) is 0 Å². The van der Waals surface area contributed by atoms with E-state index in [0.29, 0.717) is 12.1 Å². The lowest BCUT2D eigenvalue weighted by Gasteiger charge is -2.35. The average Bonchev–Trinajstić information content (AvgIpc) is 2.90. The second kappa shape index (κ2) is 9.04. The number of nitrogens with one attached hydrogen (secondary N) is 2. The normalized spacial score (nSPS) is 28.4. The second-order valence-electron chi connectivity index (χ2n) is 5.65. The van der Waals surface area contributed by atoms with Crippen LogP contribution in [0.15, 0.2) is 4.99 Å². The molecule has 2 heterocycles. The Morgan fingerprint density at radius 1 is 1.50 bits per heavy atom. The van der Waals surface area contributed by atoms with Crippen LogP contribution in [0.3, 0.4) is 0 Å². The van der Waals surface area contributed by atoms with E-state index >= 15 is 0 Å². The molecule has 6 heteroatoms. The first-order valence-electron chi connectivity index (χ1n) is 7.55. The van der Waals surface area contributed by atoms with Crippen molar-refractivity contribution in [3.05, 3.63) is 0 Å². The summed E-state index contributed by atoms with van der Waals surface area (Å²) in [5, 5.41) is 6.74. The Bertz CT molecular complexity index is 314. The van der Waals surface area contributed by atoms with E-state index in [9.17, 15) is 0 Å². The minimum absolute atomic E-state index is 0. The lowest BCUT2D eigenvalue weighted by atomic mass is 10.2. The zero-order chi connectivity index (χ0) is 13.7. The molecule has 0 radical (unpaired) electrons. The summed E-state index contributed by atoms with van der Waals surface area (Å²) < 4.78 is 5.93. The van der Waals surface area contributed by atoms with E-state index in [1.165, 1.54) is 19.4 Å². The van der Waals surface area contributed by atoms with Crippen LogP contribution >= 0.6 is 24.0 Å². The van der Waals surface area contributed by atoms with E-state index in [1.807, 2.05) is 7.05 Å². The largest absolute Gasteiger partial charge is 0.373 e. The van der Waals surface area contributed by atoms with Crippen LogP contribution in [-0.4, -0.2) is 62.3 Å². The van der Waals surface area contributed by atoms with E-state index in [-0.39, 0.29) is 30.1 Å². The summed E-state index contributed by atoms with van der Waals surface area (Å²) in [6.07, 6.45) is 4.00. The van der Waals surface area contributed by atoms with Gasteiger partial charge in [0, 0.05) is 32.2 Å². The third-order valence-corrected chi connectivity index (χ3v) is 4.18. The Kier molecular flexibility index (Phi) is 8.13. The Labute approximate surface area is 139 Å². The summed E-state index contributed by atoms with van der Waals surface area (Å²) in [6.45, 7) is 8.35. The predicted molar refractivity (Wildman–Crippen MR) is 94.0 cm³/mol. The van der Waals surface area contributed by atoms with Gasteiger partial charge in [-0.1, -0.05) is 6.92 Å². The number of rotatable bonds is 4. The highest BCUT2D eigenvalue weighted by atomic mass is 127. The molecule has 2 aliphatic rings. The average molecular weight is 396 g/mol. The Balaban J connectivity index is 0.00000200. The van der Waals surface area contributed by atoms with E-state index in [1.54, 1.807) is 0 Å². The molecule has 0 amide bonds. The van der Waals surface area contributed by atoms with Crippen LogP contribution in [0, 0.1) is 0 Å². The van der Waals surface area contributed by atoms with E-state index < -0.39 is 0 Å². The number of hydrogen-bond acceptors (Lipinski definition) is 3. The maximum atomic E-state index is 5.93. The highest BCUT2D eigenvalue weighted by Crippen LogP contribution is 2.22. The van der Waals surface area contributed by atoms with Crippen LogP contribution in [0.2, 0.25) is 0 Å². The van der Waals surface area contributed by atoms with Crippen molar-refractivity contribution in [2.45, 2.75) is 51.3 Å². The molecule has 2 aliphatic heterocycles. The van der Waals surface area contributed by atoms with E-state index in [0.717, 1.165) is 32.1 Å². The van der Waals surface area contributed by atoms with Crippen molar-refractivity contribution in [3.63, 3.8) is 0 Å². The van der Waals surface area contributed by atoms with E-state index in [4.69, 9.17) is 4.74 Å². The van der Waals surface area contributed by atoms with Crippen molar-refractivity contribution in [2.24, 2.45) is 4.99 Å². The summed E-state index contributed by atoms with van der Waals surface area (Å²) in [4.78, 5) is 6.82. The standard InChI is InChI=1S/C14H28N4O.HI/c1-4-11(2)17-14(15-3)16-8-13-9-18-7-5-6-12(18)10-19-13;/h11-13H,4-10H2,1-3H3,(H2,15,16,17);1H. The summed E-state index contributed by atoms with van der Waals surface area (Å²) in [5.74, 6) is 0.876. The second-order valence-corrected chi connectivity index (χ2v) is 5.65. The van der Waals surface area contributed by atoms with Gasteiger partial charge < -0.3 is 15.4 Å². The molecular formula is C14H29IN4O. The third kappa shape index (κ3) is 5.04. The molecule has 118 valence electrons. The molecule has 2 saturated heterocycles. The van der Waals surface area contributed by atoms with Gasteiger partial charge >= 0.3 is 0 Å². The van der Waals surface area contributed by atoms with Crippen LogP contribution in [-0.2, 0) is 4.74 Å². The van der Waals surface area contributed by atoms with Crippen molar-refractivity contribution in [1.82, 2.24) is 15.5 Å². The first-order valence-corrected chi connectivity index (χ1v) is 7.55. The van der Waals surface area contributed by atoms with Crippen LogP contribution in [0.25, 0.3) is 0 Å². The van der Waals surface area contributed by atoms with Crippen molar-refractivity contribution in [3.8, 4) is 0 Å². The number of morpholine rings is 1. The van der Waals surface area contributed by atoms with Gasteiger partial charge in [-0.2, -0.15) is 0 Å². The molecule has 2 fully saturated rings. The number of guanidine groups is 1. The Morgan fingerprint density at radius 2 is 2.30 bits per heavy atom. The van der Waals surface area contributed by atoms with Gasteiger partial charge in [0.25, 0.3) is 0 Å². The van der Waals surface area contributed by atoms with E-state index in [2.05, 4.69) is 34.4 Å². The fourth-order valence-electron chi connectivity index (χ4n) is 2.75. The highest BCUT2D eigenvalue weighted by molar-refractivity contribution is 14.0. The zero-order valence-electron chi connectivity index (χ0n) is 12.9. The maximum Gasteiger partial charge on any atom is 0.191 e. The molecule has 0 aromatic carbocycles. The first-order chi connectivity index (χ1) is 9.22. The van der Waals surface area contributed by atoms with Crippen LogP contribution in [0.4, 0.5) is 0 Å². The third-order valence-electron chi connectivity index (χ3n) is 4.18. The number of ether oxygens (including phenoxy) is 1. The maximum absolute atomic E-state index is 5.93. The Hall–Kier alpha value is -0.0800. The summed E-state index contributed by atoms with van der Waals surface area (Å²) in [7, 11) is 1.82. The predicted octanol–water partition coefficient (Wildman–Crippen LogP) is 1.43. The smallest absolute Gasteiger partial charge is 0.191 e. The van der Waals surface area contributed by atoms with Gasteiger partial charge in [-0.3, -0.25) is 9.89 Å². The van der Waals surface area contributed by atoms with Gasteiger partial charge in [-0.05, 0) is 32.7 Å². The lowest BCUT2D eigenvalue weighted by molar-refractivity contribution is -0.0453. The van der Waals surface area contributed by atoms with Gasteiger partial charge in [0.05, 0.1) is 12.7 Å². The fourth-order valence-corrected chi connectivity index (χ4v) is 2.75. The summed E-state index contributed by atoms with van der Waals surface area (Å²) in [6, 6.07) is 1.12. The molecule has 0 spiro atoms. The lowest BCUT2D eigenvalue weighted by Crippen LogP contribution is -2.52. The molecule has 2 N–H and O–H groups in total. The molecule has 0 aromatic heterocycles. The number of hydrogen-bond donors (Lipinski definition) is 2. The molecule has 5 nitrogen and oxygen atoms in total. The monoisotopic (exact) mass is 396 g/mol. The zero-order valence-corrected chi connectivity index (χ0v) is 15.2. The fraction of sp³-hybridized carbons (Fsp3) is 0.929. The molecule has 3 atom stereocenters. The number of fused-ring (bicyclic) bond motifs is 1. The molecule has 0 aliphatic carbocycles. The molecule has 0 aromatic rings. The van der Waals surface area contributed by atoms with Crippen molar-refractivity contribution < 1.29 is 4.74 Å². The van der Waals surface area contributed by atoms with Crippen molar-refractivity contribution in [1.29, 1.82) is 0 Å². The van der Waals surface area contributed by atoms with Crippen molar-refractivity contribution >= 4 is 29.9 Å². The Morgan fingerprint density at radius 3 is 3.00 bits per heavy atom. The molecule has 0 bridgehead atoms. The highest BCUT2D eigenvalue weighted by Gasteiger charge is 2.32. The van der Waals surface area contributed by atoms with Gasteiger partial charge in [0.15, 0.2) is 5.96 Å². The van der Waals surface area contributed by atoms with Crippen LogP contribution in [0.1, 0.15) is 33.1 Å². The SMILES string of the molecule is CCC(C)NC(=NC)NCC1CN2CCCC2CO1.I. The number of aliphatic imine (C=N–C) groups is 1. The minimum atomic E-state index is 0.